The molecule has 0 fully saturated rings. The fraction of sp³-hybridized carbons (Fsp3) is 0.294. The molecule has 2 aromatic carbocycles. The molecule has 2 rings (SSSR count). The van der Waals surface area contributed by atoms with E-state index in [2.05, 4.69) is 50.4 Å². The Morgan fingerprint density at radius 1 is 1.11 bits per heavy atom. The van der Waals surface area contributed by atoms with Crippen LogP contribution in [-0.2, 0) is 6.54 Å². The fourth-order valence-corrected chi connectivity index (χ4v) is 2.40. The lowest BCUT2D eigenvalue weighted by Crippen LogP contribution is -2.18. The van der Waals surface area contributed by atoms with E-state index in [1.165, 1.54) is 22.3 Å². The minimum atomic E-state index is 0.291. The summed E-state index contributed by atoms with van der Waals surface area (Å²) in [7, 11) is 0. The molecule has 2 aromatic rings. The van der Waals surface area contributed by atoms with Gasteiger partial charge in [0.05, 0.1) is 0 Å². The van der Waals surface area contributed by atoms with Crippen LogP contribution in [0, 0.1) is 13.8 Å². The lowest BCUT2D eigenvalue weighted by atomic mass is 10.0. The molecule has 0 aliphatic rings. The highest BCUT2D eigenvalue weighted by atomic mass is 35.5. The van der Waals surface area contributed by atoms with Gasteiger partial charge in [-0.05, 0) is 49.6 Å². The van der Waals surface area contributed by atoms with Gasteiger partial charge in [-0.2, -0.15) is 0 Å². The van der Waals surface area contributed by atoms with Crippen LogP contribution in [0.5, 0.6) is 0 Å². The number of halogens is 1. The third-order valence-electron chi connectivity index (χ3n) is 3.45. The molecule has 0 aliphatic carbocycles. The summed E-state index contributed by atoms with van der Waals surface area (Å²) in [6.07, 6.45) is 0. The smallest absolute Gasteiger partial charge is 0.0409 e. The van der Waals surface area contributed by atoms with E-state index in [-0.39, 0.29) is 0 Å². The maximum Gasteiger partial charge on any atom is 0.0409 e. The summed E-state index contributed by atoms with van der Waals surface area (Å²) in [6, 6.07) is 14.9. The largest absolute Gasteiger partial charge is 0.306 e. The molecule has 2 heteroatoms. The lowest BCUT2D eigenvalue weighted by molar-refractivity contribution is 0.573. The third-order valence-corrected chi connectivity index (χ3v) is 3.68. The van der Waals surface area contributed by atoms with Crippen LogP contribution in [0.25, 0.3) is 0 Å². The minimum Gasteiger partial charge on any atom is -0.306 e. The van der Waals surface area contributed by atoms with Crippen molar-refractivity contribution in [1.82, 2.24) is 5.32 Å². The summed E-state index contributed by atoms with van der Waals surface area (Å²) in [5.74, 6) is 0. The van der Waals surface area contributed by atoms with Gasteiger partial charge < -0.3 is 5.32 Å². The van der Waals surface area contributed by atoms with Gasteiger partial charge in [-0.25, -0.2) is 0 Å². The van der Waals surface area contributed by atoms with E-state index in [1.807, 2.05) is 18.2 Å². The molecule has 1 N–H and O–H groups in total. The average molecular weight is 274 g/mol. The van der Waals surface area contributed by atoms with Crippen LogP contribution in [0.15, 0.2) is 42.5 Å². The number of aryl methyl sites for hydroxylation is 2. The SMILES string of the molecule is Cc1ccc(CNC(C)c2cccc(Cl)c2)c(C)c1. The van der Waals surface area contributed by atoms with Crippen molar-refractivity contribution >= 4 is 11.6 Å². The molecule has 0 aliphatic heterocycles. The summed E-state index contributed by atoms with van der Waals surface area (Å²) >= 11 is 6.02. The molecule has 1 atom stereocenters. The second-order valence-electron chi connectivity index (χ2n) is 5.09. The molecule has 19 heavy (non-hydrogen) atoms. The molecule has 100 valence electrons. The van der Waals surface area contributed by atoms with Crippen LogP contribution >= 0.6 is 11.6 Å². The average Bonchev–Trinajstić information content (AvgIpc) is 2.37. The van der Waals surface area contributed by atoms with Gasteiger partial charge in [0.2, 0.25) is 0 Å². The van der Waals surface area contributed by atoms with Crippen molar-refractivity contribution in [2.75, 3.05) is 0 Å². The molecule has 1 nitrogen and oxygen atoms in total. The Kier molecular flexibility index (Phi) is 4.62. The maximum atomic E-state index is 6.02. The van der Waals surface area contributed by atoms with Crippen molar-refractivity contribution in [1.29, 1.82) is 0 Å². The van der Waals surface area contributed by atoms with Gasteiger partial charge >= 0.3 is 0 Å². The molecule has 0 bridgehead atoms. The van der Waals surface area contributed by atoms with Gasteiger partial charge in [-0.3, -0.25) is 0 Å². The first-order chi connectivity index (χ1) is 9.06. The van der Waals surface area contributed by atoms with Crippen molar-refractivity contribution in [2.45, 2.75) is 33.4 Å². The first-order valence-electron chi connectivity index (χ1n) is 6.61. The van der Waals surface area contributed by atoms with Crippen molar-refractivity contribution in [2.24, 2.45) is 0 Å². The van der Waals surface area contributed by atoms with Gasteiger partial charge in [0.1, 0.15) is 0 Å². The molecule has 0 heterocycles. The zero-order valence-corrected chi connectivity index (χ0v) is 12.5. The van der Waals surface area contributed by atoms with Gasteiger partial charge in [0, 0.05) is 17.6 Å². The zero-order valence-electron chi connectivity index (χ0n) is 11.7. The minimum absolute atomic E-state index is 0.291. The summed E-state index contributed by atoms with van der Waals surface area (Å²) in [4.78, 5) is 0. The predicted octanol–water partition coefficient (Wildman–Crippen LogP) is 4.81. The first-order valence-corrected chi connectivity index (χ1v) is 6.99. The molecular weight excluding hydrogens is 254 g/mol. The van der Waals surface area contributed by atoms with E-state index in [1.54, 1.807) is 0 Å². The summed E-state index contributed by atoms with van der Waals surface area (Å²) in [6.45, 7) is 7.32. The van der Waals surface area contributed by atoms with Crippen LogP contribution < -0.4 is 5.32 Å². The van der Waals surface area contributed by atoms with E-state index in [0.717, 1.165) is 11.6 Å². The van der Waals surface area contributed by atoms with Gasteiger partial charge in [0.25, 0.3) is 0 Å². The highest BCUT2D eigenvalue weighted by Crippen LogP contribution is 2.18. The molecule has 1 unspecified atom stereocenters. The number of benzene rings is 2. The fourth-order valence-electron chi connectivity index (χ4n) is 2.20. The van der Waals surface area contributed by atoms with E-state index in [9.17, 15) is 0 Å². The lowest BCUT2D eigenvalue weighted by Gasteiger charge is -2.16. The van der Waals surface area contributed by atoms with Crippen molar-refractivity contribution < 1.29 is 0 Å². The Labute approximate surface area is 120 Å². The van der Waals surface area contributed by atoms with Crippen molar-refractivity contribution in [3.63, 3.8) is 0 Å². The summed E-state index contributed by atoms with van der Waals surface area (Å²) < 4.78 is 0. The second-order valence-corrected chi connectivity index (χ2v) is 5.52. The molecule has 0 spiro atoms. The Morgan fingerprint density at radius 2 is 1.89 bits per heavy atom. The highest BCUT2D eigenvalue weighted by Gasteiger charge is 2.06. The van der Waals surface area contributed by atoms with Crippen LogP contribution in [0.3, 0.4) is 0 Å². The molecule has 0 amide bonds. The standard InChI is InChI=1S/C17H20ClN/c1-12-7-8-16(13(2)9-12)11-19-14(3)15-5-4-6-17(18)10-15/h4-10,14,19H,11H2,1-3H3. The van der Waals surface area contributed by atoms with Crippen molar-refractivity contribution in [3.8, 4) is 0 Å². The topological polar surface area (TPSA) is 12.0 Å². The van der Waals surface area contributed by atoms with E-state index in [0.29, 0.717) is 6.04 Å². The maximum absolute atomic E-state index is 6.02. The van der Waals surface area contributed by atoms with Crippen LogP contribution in [-0.4, -0.2) is 0 Å². The number of rotatable bonds is 4. The Hall–Kier alpha value is -1.31. The van der Waals surface area contributed by atoms with Gasteiger partial charge in [-0.15, -0.1) is 0 Å². The molecular formula is C17H20ClN. The Balaban J connectivity index is 2.02. The van der Waals surface area contributed by atoms with E-state index < -0.39 is 0 Å². The molecule has 0 saturated carbocycles. The van der Waals surface area contributed by atoms with Gasteiger partial charge in [-0.1, -0.05) is 47.5 Å². The number of nitrogens with one attached hydrogen (secondary N) is 1. The van der Waals surface area contributed by atoms with Gasteiger partial charge in [0.15, 0.2) is 0 Å². The van der Waals surface area contributed by atoms with E-state index >= 15 is 0 Å². The first kappa shape index (κ1) is 14.1. The van der Waals surface area contributed by atoms with Crippen molar-refractivity contribution in [3.05, 3.63) is 69.7 Å². The van der Waals surface area contributed by atoms with Crippen LogP contribution in [0.4, 0.5) is 0 Å². The Bertz CT molecular complexity index is 563. The summed E-state index contributed by atoms with van der Waals surface area (Å²) in [5.41, 5.74) is 5.21. The van der Waals surface area contributed by atoms with Crippen LogP contribution in [0.2, 0.25) is 5.02 Å². The summed E-state index contributed by atoms with van der Waals surface area (Å²) in [5, 5.41) is 4.33. The second kappa shape index (κ2) is 6.23. The Morgan fingerprint density at radius 3 is 2.58 bits per heavy atom. The quantitative estimate of drug-likeness (QED) is 0.843. The molecule has 0 radical (unpaired) electrons. The zero-order chi connectivity index (χ0) is 13.8. The number of hydrogen-bond donors (Lipinski definition) is 1. The van der Waals surface area contributed by atoms with Crippen LogP contribution in [0.1, 0.15) is 35.2 Å². The normalized spacial score (nSPS) is 12.4. The highest BCUT2D eigenvalue weighted by molar-refractivity contribution is 6.30. The number of hydrogen-bond acceptors (Lipinski definition) is 1. The third kappa shape index (κ3) is 3.82. The molecule has 0 aromatic heterocycles. The predicted molar refractivity (Wildman–Crippen MR) is 82.6 cm³/mol. The monoisotopic (exact) mass is 273 g/mol. The van der Waals surface area contributed by atoms with E-state index in [4.69, 9.17) is 11.6 Å². The molecule has 0 saturated heterocycles.